The molecular weight excluding hydrogens is 589 g/mol. The topological polar surface area (TPSA) is 0 Å². The van der Waals surface area contributed by atoms with Gasteiger partial charge in [-0.2, -0.15) is 0 Å². The highest BCUT2D eigenvalue weighted by Gasteiger charge is 2.51. The van der Waals surface area contributed by atoms with Gasteiger partial charge in [0.15, 0.2) is 0 Å². The van der Waals surface area contributed by atoms with E-state index in [0.717, 1.165) is 0 Å². The average Bonchev–Trinajstić information content (AvgIpc) is 3.64. The van der Waals surface area contributed by atoms with E-state index < -0.39 is 0 Å². The standard InChI is InChI=1S/C49H30/c1-2-12-37-35(11-1)30-43(39-14-4-3-13-38(37)39)36-24-23-31-27-32(21-22-33(31)28-36)34-25-26-48-44(29-34)42-17-7-10-20-47(42)49(48)45-18-8-5-15-40(45)41-16-6-9-19-46(41)49/h1-30H. The minimum atomic E-state index is -0.301. The van der Waals surface area contributed by atoms with Gasteiger partial charge in [-0.1, -0.05) is 158 Å². The van der Waals surface area contributed by atoms with E-state index in [1.165, 1.54) is 99.1 Å². The molecule has 11 rings (SSSR count). The maximum absolute atomic E-state index is 2.43. The average molecular weight is 619 g/mol. The van der Waals surface area contributed by atoms with Gasteiger partial charge in [-0.05, 0) is 123 Å². The van der Waals surface area contributed by atoms with Crippen molar-refractivity contribution in [2.24, 2.45) is 0 Å². The third-order valence-corrected chi connectivity index (χ3v) is 11.2. The fourth-order valence-electron chi connectivity index (χ4n) is 9.17. The van der Waals surface area contributed by atoms with Crippen molar-refractivity contribution in [1.82, 2.24) is 0 Å². The van der Waals surface area contributed by atoms with Gasteiger partial charge in [0.25, 0.3) is 0 Å². The van der Waals surface area contributed by atoms with Gasteiger partial charge < -0.3 is 0 Å². The third kappa shape index (κ3) is 3.58. The van der Waals surface area contributed by atoms with Crippen molar-refractivity contribution in [2.75, 3.05) is 0 Å². The molecule has 9 aromatic rings. The summed E-state index contributed by atoms with van der Waals surface area (Å²) >= 11 is 0. The quantitative estimate of drug-likeness (QED) is 0.169. The van der Waals surface area contributed by atoms with Crippen LogP contribution in [0.2, 0.25) is 0 Å². The summed E-state index contributed by atoms with van der Waals surface area (Å²) in [6.07, 6.45) is 0. The molecule has 0 saturated carbocycles. The Bertz CT molecular complexity index is 2790. The van der Waals surface area contributed by atoms with E-state index in [0.29, 0.717) is 0 Å². The predicted molar refractivity (Wildman–Crippen MR) is 206 cm³/mol. The lowest BCUT2D eigenvalue weighted by Crippen LogP contribution is -2.25. The van der Waals surface area contributed by atoms with Crippen LogP contribution >= 0.6 is 0 Å². The zero-order chi connectivity index (χ0) is 32.1. The fraction of sp³-hybridized carbons (Fsp3) is 0.0204. The van der Waals surface area contributed by atoms with Crippen molar-refractivity contribution in [3.05, 3.63) is 204 Å². The first-order valence-electron chi connectivity index (χ1n) is 17.2. The second-order valence-corrected chi connectivity index (χ2v) is 13.6. The molecule has 0 heterocycles. The summed E-state index contributed by atoms with van der Waals surface area (Å²) in [5, 5.41) is 7.68. The maximum atomic E-state index is 2.43. The van der Waals surface area contributed by atoms with Crippen LogP contribution in [0.25, 0.3) is 76.8 Å². The molecule has 0 fully saturated rings. The Labute approximate surface area is 285 Å². The summed E-state index contributed by atoms with van der Waals surface area (Å²) in [5.74, 6) is 0. The lowest BCUT2D eigenvalue weighted by Gasteiger charge is -2.30. The molecule has 0 radical (unpaired) electrons. The first-order chi connectivity index (χ1) is 24.3. The first kappa shape index (κ1) is 26.8. The largest absolute Gasteiger partial charge is 0.0725 e. The molecule has 0 aromatic heterocycles. The van der Waals surface area contributed by atoms with Crippen molar-refractivity contribution in [3.63, 3.8) is 0 Å². The minimum Gasteiger partial charge on any atom is -0.0619 e. The van der Waals surface area contributed by atoms with E-state index in [1.54, 1.807) is 0 Å². The van der Waals surface area contributed by atoms with E-state index in [2.05, 4.69) is 182 Å². The second kappa shape index (κ2) is 9.89. The highest BCUT2D eigenvalue weighted by atomic mass is 14.5. The van der Waals surface area contributed by atoms with Crippen molar-refractivity contribution in [3.8, 4) is 44.5 Å². The van der Waals surface area contributed by atoms with Gasteiger partial charge in [-0.3, -0.25) is 0 Å². The summed E-state index contributed by atoms with van der Waals surface area (Å²) in [4.78, 5) is 0. The van der Waals surface area contributed by atoms with Gasteiger partial charge in [-0.15, -0.1) is 0 Å². The number of hydrogen-bond donors (Lipinski definition) is 0. The molecule has 0 amide bonds. The van der Waals surface area contributed by atoms with Gasteiger partial charge in [-0.25, -0.2) is 0 Å². The lowest BCUT2D eigenvalue weighted by atomic mass is 9.70. The lowest BCUT2D eigenvalue weighted by molar-refractivity contribution is 0.794. The number of fused-ring (bicyclic) bond motifs is 14. The molecule has 0 aliphatic heterocycles. The molecule has 0 nitrogen and oxygen atoms in total. The van der Waals surface area contributed by atoms with Crippen LogP contribution < -0.4 is 0 Å². The van der Waals surface area contributed by atoms with Crippen LogP contribution in [0.3, 0.4) is 0 Å². The molecule has 0 heteroatoms. The molecule has 0 bridgehead atoms. The minimum absolute atomic E-state index is 0.301. The highest BCUT2D eigenvalue weighted by Crippen LogP contribution is 2.62. The molecule has 0 unspecified atom stereocenters. The van der Waals surface area contributed by atoms with E-state index in [4.69, 9.17) is 0 Å². The summed E-state index contributed by atoms with van der Waals surface area (Å²) in [6, 6.07) is 68.0. The normalized spacial score (nSPS) is 13.5. The molecule has 2 aliphatic rings. The van der Waals surface area contributed by atoms with Crippen LogP contribution in [0.5, 0.6) is 0 Å². The molecular formula is C49H30. The Hall–Kier alpha value is -6.24. The first-order valence-corrected chi connectivity index (χ1v) is 17.2. The van der Waals surface area contributed by atoms with Gasteiger partial charge in [0.2, 0.25) is 0 Å². The van der Waals surface area contributed by atoms with Crippen LogP contribution in [0.4, 0.5) is 0 Å². The van der Waals surface area contributed by atoms with Gasteiger partial charge >= 0.3 is 0 Å². The Kier molecular flexibility index (Phi) is 5.41. The molecule has 0 N–H and O–H groups in total. The zero-order valence-corrected chi connectivity index (χ0v) is 26.8. The monoisotopic (exact) mass is 618 g/mol. The molecule has 49 heavy (non-hydrogen) atoms. The predicted octanol–water partition coefficient (Wildman–Crippen LogP) is 12.8. The Balaban J connectivity index is 1.05. The van der Waals surface area contributed by atoms with E-state index in [9.17, 15) is 0 Å². The Morgan fingerprint density at radius 2 is 0.714 bits per heavy atom. The SMILES string of the molecule is c1ccc2c(c1)-c1ccccc1C21c2ccccc2-c2cc(-c3ccc4cc(-c5cc6ccccc6c6ccccc56)ccc4c3)ccc21. The number of rotatable bonds is 2. The molecule has 2 aliphatic carbocycles. The fourth-order valence-corrected chi connectivity index (χ4v) is 9.17. The summed E-state index contributed by atoms with van der Waals surface area (Å²) in [5.41, 5.74) is 15.6. The van der Waals surface area contributed by atoms with Crippen molar-refractivity contribution in [2.45, 2.75) is 5.41 Å². The zero-order valence-electron chi connectivity index (χ0n) is 26.8. The van der Waals surface area contributed by atoms with Crippen molar-refractivity contribution in [1.29, 1.82) is 0 Å². The Morgan fingerprint density at radius 1 is 0.245 bits per heavy atom. The molecule has 0 saturated heterocycles. The van der Waals surface area contributed by atoms with Crippen LogP contribution in [0.15, 0.2) is 182 Å². The van der Waals surface area contributed by atoms with E-state index in [-0.39, 0.29) is 5.41 Å². The summed E-state index contributed by atoms with van der Waals surface area (Å²) in [6.45, 7) is 0. The van der Waals surface area contributed by atoms with Gasteiger partial charge in [0.05, 0.1) is 5.41 Å². The number of benzene rings is 9. The van der Waals surface area contributed by atoms with Crippen molar-refractivity contribution < 1.29 is 0 Å². The summed E-state index contributed by atoms with van der Waals surface area (Å²) < 4.78 is 0. The number of hydrogen-bond acceptors (Lipinski definition) is 0. The van der Waals surface area contributed by atoms with E-state index >= 15 is 0 Å². The third-order valence-electron chi connectivity index (χ3n) is 11.2. The van der Waals surface area contributed by atoms with Crippen LogP contribution in [0, 0.1) is 0 Å². The molecule has 9 aromatic carbocycles. The van der Waals surface area contributed by atoms with E-state index in [1.807, 2.05) is 0 Å². The second-order valence-electron chi connectivity index (χ2n) is 13.6. The highest BCUT2D eigenvalue weighted by molar-refractivity contribution is 6.14. The Morgan fingerprint density at radius 3 is 1.41 bits per heavy atom. The smallest absolute Gasteiger partial charge is 0.0619 e. The molecule has 0 atom stereocenters. The van der Waals surface area contributed by atoms with Crippen molar-refractivity contribution >= 4 is 32.3 Å². The molecule has 226 valence electrons. The van der Waals surface area contributed by atoms with Crippen LogP contribution in [0.1, 0.15) is 22.3 Å². The summed E-state index contributed by atoms with van der Waals surface area (Å²) in [7, 11) is 0. The maximum Gasteiger partial charge on any atom is 0.0725 e. The van der Waals surface area contributed by atoms with Gasteiger partial charge in [0, 0.05) is 0 Å². The van der Waals surface area contributed by atoms with Crippen LogP contribution in [-0.4, -0.2) is 0 Å². The van der Waals surface area contributed by atoms with Gasteiger partial charge in [0.1, 0.15) is 0 Å². The molecule has 1 spiro atoms. The van der Waals surface area contributed by atoms with Crippen LogP contribution in [-0.2, 0) is 5.41 Å².